The van der Waals surface area contributed by atoms with Crippen LogP contribution in [0.15, 0.2) is 146 Å². The Hall–Kier alpha value is -5.87. The predicted octanol–water partition coefficient (Wildman–Crippen LogP) is 9.83. The summed E-state index contributed by atoms with van der Waals surface area (Å²) in [6.07, 6.45) is 4.02. The van der Waals surface area contributed by atoms with Gasteiger partial charge in [0, 0.05) is 56.1 Å². The van der Waals surface area contributed by atoms with Crippen molar-refractivity contribution < 1.29 is 0 Å². The molecule has 0 unspecified atom stereocenters. The summed E-state index contributed by atoms with van der Waals surface area (Å²) in [7, 11) is 0. The second kappa shape index (κ2) is 8.34. The van der Waals surface area contributed by atoms with Gasteiger partial charge in [-0.1, -0.05) is 84.9 Å². The fourth-order valence-corrected chi connectivity index (χ4v) is 7.33. The standard InChI is InChI=1S/C39H24N4/c1-3-11-25(12-4-1)42-33-18-10-9-16-28(33)31-23-32-36(24-35(31)42)43(26-13-5-2-6-14-26)34-20-19-29-27-15-7-8-17-30(27)39-40-21-22-41(39)38(29)37(32)34/h1-24H. The molecule has 43 heavy (non-hydrogen) atoms. The molecular formula is C39H24N4. The topological polar surface area (TPSA) is 27.2 Å². The number of para-hydroxylation sites is 3. The quantitative estimate of drug-likeness (QED) is 0.198. The molecule has 0 aliphatic heterocycles. The second-order valence-corrected chi connectivity index (χ2v) is 11.3. The zero-order valence-corrected chi connectivity index (χ0v) is 23.1. The number of benzene rings is 6. The first-order valence-corrected chi connectivity index (χ1v) is 14.7. The Morgan fingerprint density at radius 1 is 0.419 bits per heavy atom. The third kappa shape index (κ3) is 2.97. The number of hydrogen-bond acceptors (Lipinski definition) is 1. The maximum absolute atomic E-state index is 4.83. The molecule has 6 aromatic carbocycles. The van der Waals surface area contributed by atoms with Crippen LogP contribution in [-0.2, 0) is 0 Å². The van der Waals surface area contributed by atoms with Gasteiger partial charge in [-0.25, -0.2) is 4.98 Å². The van der Waals surface area contributed by atoms with Crippen LogP contribution in [-0.4, -0.2) is 18.5 Å². The van der Waals surface area contributed by atoms with Crippen LogP contribution in [0.1, 0.15) is 0 Å². The van der Waals surface area contributed by atoms with Crippen molar-refractivity contribution in [3.05, 3.63) is 146 Å². The van der Waals surface area contributed by atoms with E-state index in [0.29, 0.717) is 0 Å². The van der Waals surface area contributed by atoms with Gasteiger partial charge in [0.1, 0.15) is 5.65 Å². The van der Waals surface area contributed by atoms with E-state index in [-0.39, 0.29) is 0 Å². The maximum Gasteiger partial charge on any atom is 0.145 e. The molecule has 4 heteroatoms. The van der Waals surface area contributed by atoms with Gasteiger partial charge < -0.3 is 9.13 Å². The average molecular weight is 549 g/mol. The Bertz CT molecular complexity index is 2710. The van der Waals surface area contributed by atoms with Crippen LogP contribution < -0.4 is 0 Å². The molecule has 0 amide bonds. The lowest BCUT2D eigenvalue weighted by Gasteiger charge is -2.11. The summed E-state index contributed by atoms with van der Waals surface area (Å²) in [5, 5.41) is 8.59. The number of imidazole rings is 1. The SMILES string of the molecule is c1ccc(-n2c3ccccc3c3cc4c5c(ccc6c7ccccc7c7nccn7c65)n(-c5ccccc5)c4cc32)cc1. The lowest BCUT2D eigenvalue weighted by atomic mass is 10.0. The normalized spacial score (nSPS) is 12.2. The average Bonchev–Trinajstić information content (AvgIpc) is 3.77. The van der Waals surface area contributed by atoms with Crippen LogP contribution in [0, 0.1) is 0 Å². The van der Waals surface area contributed by atoms with Crippen LogP contribution in [0.25, 0.3) is 82.3 Å². The summed E-state index contributed by atoms with van der Waals surface area (Å²) in [5.41, 5.74) is 9.25. The van der Waals surface area contributed by atoms with E-state index < -0.39 is 0 Å². The minimum absolute atomic E-state index is 0.984. The summed E-state index contributed by atoms with van der Waals surface area (Å²) in [5.74, 6) is 0. The lowest BCUT2D eigenvalue weighted by molar-refractivity contribution is 1.16. The van der Waals surface area contributed by atoms with Crippen molar-refractivity contribution in [2.24, 2.45) is 0 Å². The molecule has 200 valence electrons. The van der Waals surface area contributed by atoms with Crippen LogP contribution in [0.3, 0.4) is 0 Å². The Kier molecular flexibility index (Phi) is 4.42. The van der Waals surface area contributed by atoms with Gasteiger partial charge in [0.2, 0.25) is 0 Å². The van der Waals surface area contributed by atoms with Crippen LogP contribution in [0.5, 0.6) is 0 Å². The Balaban J connectivity index is 1.49. The zero-order chi connectivity index (χ0) is 28.1. The third-order valence-electron chi connectivity index (χ3n) is 9.07. The molecule has 0 fully saturated rings. The molecule has 4 heterocycles. The third-order valence-corrected chi connectivity index (χ3v) is 9.07. The van der Waals surface area contributed by atoms with Gasteiger partial charge in [0.05, 0.1) is 27.6 Å². The van der Waals surface area contributed by atoms with Crippen molar-refractivity contribution in [3.8, 4) is 11.4 Å². The van der Waals surface area contributed by atoms with E-state index in [2.05, 4.69) is 153 Å². The Morgan fingerprint density at radius 2 is 1.05 bits per heavy atom. The monoisotopic (exact) mass is 548 g/mol. The highest BCUT2D eigenvalue weighted by Gasteiger charge is 2.21. The number of hydrogen-bond donors (Lipinski definition) is 0. The highest BCUT2D eigenvalue weighted by Crippen LogP contribution is 2.43. The van der Waals surface area contributed by atoms with Gasteiger partial charge in [-0.05, 0) is 53.9 Å². The molecule has 0 aliphatic rings. The van der Waals surface area contributed by atoms with Crippen molar-refractivity contribution in [2.45, 2.75) is 0 Å². The van der Waals surface area contributed by atoms with E-state index >= 15 is 0 Å². The first-order valence-electron chi connectivity index (χ1n) is 14.7. The van der Waals surface area contributed by atoms with E-state index in [4.69, 9.17) is 4.98 Å². The number of pyridine rings is 1. The molecule has 10 aromatic rings. The fourth-order valence-electron chi connectivity index (χ4n) is 7.33. The first-order chi connectivity index (χ1) is 21.4. The van der Waals surface area contributed by atoms with Gasteiger partial charge in [-0.2, -0.15) is 0 Å². The van der Waals surface area contributed by atoms with Crippen LogP contribution in [0.4, 0.5) is 0 Å². The molecule has 0 spiro atoms. The van der Waals surface area contributed by atoms with Gasteiger partial charge >= 0.3 is 0 Å². The second-order valence-electron chi connectivity index (χ2n) is 11.3. The molecule has 0 saturated heterocycles. The highest BCUT2D eigenvalue weighted by molar-refractivity contribution is 6.28. The Morgan fingerprint density at radius 3 is 1.81 bits per heavy atom. The summed E-state index contributed by atoms with van der Waals surface area (Å²) >= 11 is 0. The van der Waals surface area contributed by atoms with Crippen LogP contribution in [0.2, 0.25) is 0 Å². The number of aromatic nitrogens is 4. The molecular weight excluding hydrogens is 524 g/mol. The van der Waals surface area contributed by atoms with E-state index in [1.165, 1.54) is 65.3 Å². The van der Waals surface area contributed by atoms with E-state index in [0.717, 1.165) is 17.0 Å². The number of fused-ring (bicyclic) bond motifs is 13. The molecule has 0 bridgehead atoms. The predicted molar refractivity (Wildman–Crippen MR) is 179 cm³/mol. The van der Waals surface area contributed by atoms with Gasteiger partial charge in [0.15, 0.2) is 0 Å². The minimum atomic E-state index is 0.984. The van der Waals surface area contributed by atoms with Gasteiger partial charge in [-0.15, -0.1) is 0 Å². The van der Waals surface area contributed by atoms with E-state index in [9.17, 15) is 0 Å². The van der Waals surface area contributed by atoms with Crippen LogP contribution >= 0.6 is 0 Å². The van der Waals surface area contributed by atoms with E-state index in [1.54, 1.807) is 0 Å². The van der Waals surface area contributed by atoms with Crippen molar-refractivity contribution in [1.29, 1.82) is 0 Å². The highest BCUT2D eigenvalue weighted by atomic mass is 15.0. The summed E-state index contributed by atoms with van der Waals surface area (Å²) < 4.78 is 7.11. The molecule has 0 atom stereocenters. The summed E-state index contributed by atoms with van der Waals surface area (Å²) in [6.45, 7) is 0. The molecule has 0 radical (unpaired) electrons. The summed E-state index contributed by atoms with van der Waals surface area (Å²) in [4.78, 5) is 4.83. The first kappa shape index (κ1) is 22.8. The van der Waals surface area contributed by atoms with Crippen molar-refractivity contribution in [2.75, 3.05) is 0 Å². The van der Waals surface area contributed by atoms with Crippen molar-refractivity contribution in [3.63, 3.8) is 0 Å². The van der Waals surface area contributed by atoms with Crippen molar-refractivity contribution in [1.82, 2.24) is 18.5 Å². The lowest BCUT2D eigenvalue weighted by Crippen LogP contribution is -1.96. The zero-order valence-electron chi connectivity index (χ0n) is 23.1. The Labute approximate surface area is 246 Å². The molecule has 10 rings (SSSR count). The summed E-state index contributed by atoms with van der Waals surface area (Å²) in [6, 6.07) is 48.2. The van der Waals surface area contributed by atoms with Crippen molar-refractivity contribution >= 4 is 70.9 Å². The minimum Gasteiger partial charge on any atom is -0.309 e. The molecule has 0 saturated carbocycles. The molecule has 4 nitrogen and oxygen atoms in total. The van der Waals surface area contributed by atoms with E-state index in [1.807, 2.05) is 6.20 Å². The largest absolute Gasteiger partial charge is 0.309 e. The number of nitrogens with zero attached hydrogens (tertiary/aromatic N) is 4. The smallest absolute Gasteiger partial charge is 0.145 e. The van der Waals surface area contributed by atoms with Gasteiger partial charge in [-0.3, -0.25) is 4.40 Å². The molecule has 0 N–H and O–H groups in total. The molecule has 0 aliphatic carbocycles. The molecule has 4 aromatic heterocycles. The fraction of sp³-hybridized carbons (Fsp3) is 0. The maximum atomic E-state index is 4.83. The number of rotatable bonds is 2. The van der Waals surface area contributed by atoms with Gasteiger partial charge in [0.25, 0.3) is 0 Å².